The van der Waals surface area contributed by atoms with Crippen molar-refractivity contribution in [3.63, 3.8) is 0 Å². The maximum atomic E-state index is 11.6. The average Bonchev–Trinajstić information content (AvgIpc) is 3.19. The summed E-state index contributed by atoms with van der Waals surface area (Å²) in [5.74, 6) is -0.485. The molecule has 1 aromatic carbocycles. The Morgan fingerprint density at radius 2 is 2.00 bits per heavy atom. The molecule has 0 saturated carbocycles. The van der Waals surface area contributed by atoms with Crippen LogP contribution in [-0.2, 0) is 12.8 Å². The van der Waals surface area contributed by atoms with Crippen LogP contribution in [0.2, 0.25) is 0 Å². The highest BCUT2D eigenvalue weighted by atomic mass is 16.1. The SMILES string of the molecule is CCCc1[nH]nc(C(N)=O)c1Cc1ccc(-c2ccc[nH]2)cc1. The first-order valence-corrected chi connectivity index (χ1v) is 7.77. The summed E-state index contributed by atoms with van der Waals surface area (Å²) in [7, 11) is 0. The molecular formula is C18H20N4O. The molecule has 0 atom stereocenters. The van der Waals surface area contributed by atoms with Crippen molar-refractivity contribution in [1.29, 1.82) is 0 Å². The molecule has 0 aliphatic heterocycles. The van der Waals surface area contributed by atoms with Crippen molar-refractivity contribution in [3.05, 3.63) is 65.1 Å². The molecule has 0 aliphatic rings. The van der Waals surface area contributed by atoms with Gasteiger partial charge in [0.2, 0.25) is 0 Å². The van der Waals surface area contributed by atoms with Gasteiger partial charge in [0, 0.05) is 29.6 Å². The number of primary amides is 1. The van der Waals surface area contributed by atoms with Gasteiger partial charge in [0.25, 0.3) is 5.91 Å². The van der Waals surface area contributed by atoms with Crippen LogP contribution in [0, 0.1) is 0 Å². The quantitative estimate of drug-likeness (QED) is 0.653. The van der Waals surface area contributed by atoms with E-state index in [1.165, 1.54) is 0 Å². The number of aryl methyl sites for hydroxylation is 1. The summed E-state index contributed by atoms with van der Waals surface area (Å²) >= 11 is 0. The smallest absolute Gasteiger partial charge is 0.269 e. The van der Waals surface area contributed by atoms with Crippen LogP contribution in [0.25, 0.3) is 11.3 Å². The van der Waals surface area contributed by atoms with E-state index in [0.717, 1.165) is 40.9 Å². The zero-order valence-electron chi connectivity index (χ0n) is 13.1. The molecule has 2 heterocycles. The third kappa shape index (κ3) is 3.18. The first-order valence-electron chi connectivity index (χ1n) is 7.77. The van der Waals surface area contributed by atoms with E-state index in [0.29, 0.717) is 12.1 Å². The number of hydrogen-bond donors (Lipinski definition) is 3. The van der Waals surface area contributed by atoms with Gasteiger partial charge in [-0.2, -0.15) is 5.10 Å². The molecule has 23 heavy (non-hydrogen) atoms. The Labute approximate surface area is 134 Å². The minimum absolute atomic E-state index is 0.349. The number of hydrogen-bond acceptors (Lipinski definition) is 2. The van der Waals surface area contributed by atoms with E-state index in [1.807, 2.05) is 18.3 Å². The van der Waals surface area contributed by atoms with Gasteiger partial charge in [-0.3, -0.25) is 9.89 Å². The highest BCUT2D eigenvalue weighted by Crippen LogP contribution is 2.21. The number of rotatable bonds is 6. The number of carbonyl (C=O) groups is 1. The Kier molecular flexibility index (Phi) is 4.28. The van der Waals surface area contributed by atoms with E-state index in [9.17, 15) is 4.79 Å². The first kappa shape index (κ1) is 15.1. The second-order valence-electron chi connectivity index (χ2n) is 5.60. The molecule has 4 N–H and O–H groups in total. The number of amides is 1. The van der Waals surface area contributed by atoms with Gasteiger partial charge in [0.05, 0.1) is 0 Å². The van der Waals surface area contributed by atoms with Crippen molar-refractivity contribution in [2.24, 2.45) is 5.73 Å². The molecule has 0 saturated heterocycles. The van der Waals surface area contributed by atoms with Gasteiger partial charge in [-0.1, -0.05) is 37.6 Å². The predicted molar refractivity (Wildman–Crippen MR) is 90.1 cm³/mol. The van der Waals surface area contributed by atoms with E-state index in [1.54, 1.807) is 0 Å². The monoisotopic (exact) mass is 308 g/mol. The normalized spacial score (nSPS) is 10.8. The van der Waals surface area contributed by atoms with Gasteiger partial charge >= 0.3 is 0 Å². The lowest BCUT2D eigenvalue weighted by molar-refractivity contribution is 0.0995. The van der Waals surface area contributed by atoms with Gasteiger partial charge in [0.1, 0.15) is 0 Å². The van der Waals surface area contributed by atoms with Crippen molar-refractivity contribution in [3.8, 4) is 11.3 Å². The van der Waals surface area contributed by atoms with Crippen molar-refractivity contribution in [2.75, 3.05) is 0 Å². The molecular weight excluding hydrogens is 288 g/mol. The van der Waals surface area contributed by atoms with Crippen LogP contribution in [0.4, 0.5) is 0 Å². The van der Waals surface area contributed by atoms with Crippen molar-refractivity contribution >= 4 is 5.91 Å². The lowest BCUT2D eigenvalue weighted by atomic mass is 9.99. The number of nitrogens with two attached hydrogens (primary N) is 1. The molecule has 1 amide bonds. The molecule has 118 valence electrons. The largest absolute Gasteiger partial charge is 0.364 e. The predicted octanol–water partition coefficient (Wildman–Crippen LogP) is 3.05. The number of aromatic nitrogens is 3. The minimum atomic E-state index is -0.485. The van der Waals surface area contributed by atoms with Crippen LogP contribution in [0.3, 0.4) is 0 Å². The van der Waals surface area contributed by atoms with Crippen molar-refractivity contribution < 1.29 is 4.79 Å². The number of aromatic amines is 2. The fourth-order valence-corrected chi connectivity index (χ4v) is 2.77. The summed E-state index contributed by atoms with van der Waals surface area (Å²) in [6.07, 6.45) is 4.40. The van der Waals surface area contributed by atoms with E-state index in [2.05, 4.69) is 46.4 Å². The van der Waals surface area contributed by atoms with E-state index >= 15 is 0 Å². The van der Waals surface area contributed by atoms with Gasteiger partial charge in [-0.25, -0.2) is 0 Å². The Bertz CT molecular complexity index is 785. The Morgan fingerprint density at radius 1 is 1.22 bits per heavy atom. The molecule has 0 unspecified atom stereocenters. The number of carbonyl (C=O) groups excluding carboxylic acids is 1. The molecule has 2 aromatic heterocycles. The number of H-pyrrole nitrogens is 2. The minimum Gasteiger partial charge on any atom is -0.364 e. The third-order valence-electron chi connectivity index (χ3n) is 3.93. The Morgan fingerprint density at radius 3 is 2.61 bits per heavy atom. The fraction of sp³-hybridized carbons (Fsp3) is 0.222. The standard InChI is InChI=1S/C18H20N4O/c1-2-4-16-14(17(18(19)23)22-21-16)11-12-6-8-13(9-7-12)15-5-3-10-20-15/h3,5-10,20H,2,4,11H2,1H3,(H2,19,23)(H,21,22). The lowest BCUT2D eigenvalue weighted by Gasteiger charge is -2.06. The average molecular weight is 308 g/mol. The summed E-state index contributed by atoms with van der Waals surface area (Å²) in [5, 5.41) is 7.04. The summed E-state index contributed by atoms with van der Waals surface area (Å²) in [6.45, 7) is 2.10. The van der Waals surface area contributed by atoms with Crippen LogP contribution in [0.5, 0.6) is 0 Å². The maximum absolute atomic E-state index is 11.6. The fourth-order valence-electron chi connectivity index (χ4n) is 2.77. The molecule has 0 bridgehead atoms. The Balaban J connectivity index is 1.87. The molecule has 5 nitrogen and oxygen atoms in total. The van der Waals surface area contributed by atoms with Crippen LogP contribution < -0.4 is 5.73 Å². The van der Waals surface area contributed by atoms with E-state index in [-0.39, 0.29) is 0 Å². The zero-order chi connectivity index (χ0) is 16.2. The number of benzene rings is 1. The summed E-state index contributed by atoms with van der Waals surface area (Å²) in [5.41, 5.74) is 11.0. The third-order valence-corrected chi connectivity index (χ3v) is 3.93. The van der Waals surface area contributed by atoms with Gasteiger partial charge in [-0.15, -0.1) is 0 Å². The summed E-state index contributed by atoms with van der Waals surface area (Å²) < 4.78 is 0. The summed E-state index contributed by atoms with van der Waals surface area (Å²) in [6, 6.07) is 12.3. The molecule has 3 rings (SSSR count). The topological polar surface area (TPSA) is 87.6 Å². The lowest BCUT2D eigenvalue weighted by Crippen LogP contribution is -2.14. The molecule has 3 aromatic rings. The second kappa shape index (κ2) is 6.52. The second-order valence-corrected chi connectivity index (χ2v) is 5.60. The highest BCUT2D eigenvalue weighted by molar-refractivity contribution is 5.92. The van der Waals surface area contributed by atoms with Crippen molar-refractivity contribution in [2.45, 2.75) is 26.2 Å². The summed E-state index contributed by atoms with van der Waals surface area (Å²) in [4.78, 5) is 14.8. The van der Waals surface area contributed by atoms with Crippen molar-refractivity contribution in [1.82, 2.24) is 15.2 Å². The van der Waals surface area contributed by atoms with Crippen LogP contribution in [0.15, 0.2) is 42.6 Å². The van der Waals surface area contributed by atoms with Gasteiger partial charge in [0.15, 0.2) is 5.69 Å². The molecule has 0 radical (unpaired) electrons. The molecule has 0 fully saturated rings. The van der Waals surface area contributed by atoms with Gasteiger partial charge in [-0.05, 0) is 29.7 Å². The first-order chi connectivity index (χ1) is 11.2. The van der Waals surface area contributed by atoms with Gasteiger partial charge < -0.3 is 10.7 Å². The number of nitrogens with zero attached hydrogens (tertiary/aromatic N) is 1. The van der Waals surface area contributed by atoms with E-state index < -0.39 is 5.91 Å². The van der Waals surface area contributed by atoms with Crippen LogP contribution in [-0.4, -0.2) is 21.1 Å². The zero-order valence-corrected chi connectivity index (χ0v) is 13.1. The van der Waals surface area contributed by atoms with Crippen LogP contribution in [0.1, 0.15) is 40.7 Å². The Hall–Kier alpha value is -2.82. The molecule has 0 spiro atoms. The van der Waals surface area contributed by atoms with E-state index in [4.69, 9.17) is 5.73 Å². The number of nitrogens with one attached hydrogen (secondary N) is 2. The molecule has 0 aliphatic carbocycles. The highest BCUT2D eigenvalue weighted by Gasteiger charge is 2.17. The molecule has 5 heteroatoms. The van der Waals surface area contributed by atoms with Crippen LogP contribution >= 0.6 is 0 Å². The maximum Gasteiger partial charge on any atom is 0.269 e.